The maximum Gasteiger partial charge on any atom is 0.141 e. The van der Waals surface area contributed by atoms with Gasteiger partial charge in [0, 0.05) is 36.6 Å². The van der Waals surface area contributed by atoms with E-state index >= 15 is 0 Å². The zero-order chi connectivity index (χ0) is 10.3. The molecule has 3 aliphatic rings. The standard InChI is InChI=1S/C11H17NO2S/c13-11-1-2-14-6-8(11)4-12-5-10-3-9(12)7-15-10/h8-10H,1-7H2. The number of ketones is 1. The van der Waals surface area contributed by atoms with Crippen LogP contribution in [0.2, 0.25) is 0 Å². The van der Waals surface area contributed by atoms with Crippen LogP contribution in [0.25, 0.3) is 0 Å². The molecule has 0 aliphatic carbocycles. The lowest BCUT2D eigenvalue weighted by atomic mass is 10.00. The van der Waals surface area contributed by atoms with Gasteiger partial charge in [0.2, 0.25) is 0 Å². The summed E-state index contributed by atoms with van der Waals surface area (Å²) in [6.45, 7) is 3.43. The Morgan fingerprint density at radius 3 is 3.13 bits per heavy atom. The number of likely N-dealkylation sites (tertiary alicyclic amines) is 1. The molecule has 3 unspecified atom stereocenters. The fraction of sp³-hybridized carbons (Fsp3) is 0.909. The molecular weight excluding hydrogens is 210 g/mol. The summed E-state index contributed by atoms with van der Waals surface area (Å²) >= 11 is 2.10. The van der Waals surface area contributed by atoms with Gasteiger partial charge < -0.3 is 4.74 Å². The van der Waals surface area contributed by atoms with Crippen LogP contribution in [-0.4, -0.2) is 54.0 Å². The van der Waals surface area contributed by atoms with E-state index in [-0.39, 0.29) is 5.92 Å². The van der Waals surface area contributed by atoms with E-state index < -0.39 is 0 Å². The Morgan fingerprint density at radius 1 is 1.53 bits per heavy atom. The average Bonchev–Trinajstić information content (AvgIpc) is 2.83. The largest absolute Gasteiger partial charge is 0.380 e. The molecule has 3 rings (SSSR count). The smallest absolute Gasteiger partial charge is 0.141 e. The van der Waals surface area contributed by atoms with Crippen LogP contribution in [0.3, 0.4) is 0 Å². The van der Waals surface area contributed by atoms with Crippen LogP contribution in [0.15, 0.2) is 0 Å². The van der Waals surface area contributed by atoms with Crippen LogP contribution in [-0.2, 0) is 9.53 Å². The van der Waals surface area contributed by atoms with Crippen molar-refractivity contribution < 1.29 is 9.53 Å². The summed E-state index contributed by atoms with van der Waals surface area (Å²) in [5.74, 6) is 1.84. The fourth-order valence-electron chi connectivity index (χ4n) is 2.84. The van der Waals surface area contributed by atoms with Gasteiger partial charge in [-0.3, -0.25) is 9.69 Å². The van der Waals surface area contributed by atoms with Crippen molar-refractivity contribution in [2.75, 3.05) is 32.1 Å². The van der Waals surface area contributed by atoms with Crippen LogP contribution in [0.5, 0.6) is 0 Å². The van der Waals surface area contributed by atoms with Gasteiger partial charge in [-0.1, -0.05) is 0 Å². The van der Waals surface area contributed by atoms with Gasteiger partial charge in [0.25, 0.3) is 0 Å². The highest BCUT2D eigenvalue weighted by molar-refractivity contribution is 8.00. The minimum atomic E-state index is 0.156. The molecule has 0 radical (unpaired) electrons. The average molecular weight is 227 g/mol. The zero-order valence-corrected chi connectivity index (χ0v) is 9.67. The number of nitrogens with zero attached hydrogens (tertiary/aromatic N) is 1. The second-order valence-electron chi connectivity index (χ2n) is 4.79. The van der Waals surface area contributed by atoms with Gasteiger partial charge in [0.1, 0.15) is 5.78 Å². The number of fused-ring (bicyclic) bond motifs is 2. The van der Waals surface area contributed by atoms with Crippen molar-refractivity contribution in [1.29, 1.82) is 0 Å². The third kappa shape index (κ3) is 1.95. The van der Waals surface area contributed by atoms with Crippen LogP contribution in [0, 0.1) is 5.92 Å². The van der Waals surface area contributed by atoms with Gasteiger partial charge in [-0.05, 0) is 6.42 Å². The van der Waals surface area contributed by atoms with Gasteiger partial charge >= 0.3 is 0 Å². The lowest BCUT2D eigenvalue weighted by molar-refractivity contribution is -0.131. The van der Waals surface area contributed by atoms with Crippen LogP contribution >= 0.6 is 11.8 Å². The summed E-state index contributed by atoms with van der Waals surface area (Å²) in [6, 6.07) is 0.745. The second kappa shape index (κ2) is 4.07. The van der Waals surface area contributed by atoms with Crippen molar-refractivity contribution in [2.24, 2.45) is 5.92 Å². The molecular formula is C11H17NO2S. The minimum Gasteiger partial charge on any atom is -0.380 e. The van der Waals surface area contributed by atoms with Gasteiger partial charge in [-0.25, -0.2) is 0 Å². The van der Waals surface area contributed by atoms with E-state index in [1.807, 2.05) is 0 Å². The Labute approximate surface area is 94.5 Å². The van der Waals surface area contributed by atoms with Crippen molar-refractivity contribution in [1.82, 2.24) is 4.90 Å². The first kappa shape index (κ1) is 10.1. The Bertz CT molecular complexity index is 271. The van der Waals surface area contributed by atoms with Crippen molar-refractivity contribution in [3.63, 3.8) is 0 Å². The molecule has 0 aromatic rings. The zero-order valence-electron chi connectivity index (χ0n) is 8.85. The molecule has 0 spiro atoms. The maximum atomic E-state index is 11.7. The van der Waals surface area contributed by atoms with E-state index in [2.05, 4.69) is 16.7 Å². The summed E-state index contributed by atoms with van der Waals surface area (Å²) in [4.78, 5) is 14.2. The molecule has 3 nitrogen and oxygen atoms in total. The molecule has 0 saturated carbocycles. The van der Waals surface area contributed by atoms with Gasteiger partial charge in [0.15, 0.2) is 0 Å². The lowest BCUT2D eigenvalue weighted by Gasteiger charge is -2.31. The molecule has 15 heavy (non-hydrogen) atoms. The Morgan fingerprint density at radius 2 is 2.47 bits per heavy atom. The first-order valence-corrected chi connectivity index (χ1v) is 6.84. The van der Waals surface area contributed by atoms with Crippen molar-refractivity contribution in [3.05, 3.63) is 0 Å². The van der Waals surface area contributed by atoms with Gasteiger partial charge in [0.05, 0.1) is 19.1 Å². The van der Waals surface area contributed by atoms with Crippen molar-refractivity contribution in [2.45, 2.75) is 24.1 Å². The van der Waals surface area contributed by atoms with E-state index in [1.165, 1.54) is 18.7 Å². The lowest BCUT2D eigenvalue weighted by Crippen LogP contribution is -2.42. The molecule has 3 heterocycles. The molecule has 3 aliphatic heterocycles. The molecule has 0 aromatic heterocycles. The molecule has 0 N–H and O–H groups in total. The molecule has 4 heteroatoms. The number of ether oxygens (including phenoxy) is 1. The van der Waals surface area contributed by atoms with Crippen LogP contribution in [0.4, 0.5) is 0 Å². The van der Waals surface area contributed by atoms with Crippen LogP contribution < -0.4 is 0 Å². The molecule has 84 valence electrons. The summed E-state index contributed by atoms with van der Waals surface area (Å²) in [5.41, 5.74) is 0. The molecule has 3 fully saturated rings. The minimum absolute atomic E-state index is 0.156. The first-order chi connectivity index (χ1) is 7.33. The van der Waals surface area contributed by atoms with Gasteiger partial charge in [-0.15, -0.1) is 0 Å². The highest BCUT2D eigenvalue weighted by Crippen LogP contribution is 2.37. The van der Waals surface area contributed by atoms with E-state index in [0.717, 1.165) is 17.8 Å². The highest BCUT2D eigenvalue weighted by atomic mass is 32.2. The van der Waals surface area contributed by atoms with E-state index in [9.17, 15) is 4.79 Å². The predicted octanol–water partition coefficient (Wildman–Crippen LogP) is 0.782. The normalized spacial score (nSPS) is 41.3. The van der Waals surface area contributed by atoms with E-state index in [4.69, 9.17) is 4.74 Å². The second-order valence-corrected chi connectivity index (χ2v) is 6.12. The highest BCUT2D eigenvalue weighted by Gasteiger charge is 2.40. The summed E-state index contributed by atoms with van der Waals surface area (Å²) in [5, 5.41) is 0.842. The Balaban J connectivity index is 1.58. The number of Topliss-reactive ketones (excluding diaryl/α,β-unsaturated/α-hetero) is 1. The number of carbonyl (C=O) groups is 1. The number of carbonyl (C=O) groups excluding carboxylic acids is 1. The molecule has 3 saturated heterocycles. The Kier molecular flexibility index (Phi) is 2.75. The van der Waals surface area contributed by atoms with Gasteiger partial charge in [-0.2, -0.15) is 11.8 Å². The third-order valence-electron chi connectivity index (χ3n) is 3.74. The van der Waals surface area contributed by atoms with E-state index in [1.54, 1.807) is 0 Å². The molecule has 0 aromatic carbocycles. The molecule has 0 amide bonds. The predicted molar refractivity (Wildman–Crippen MR) is 60.2 cm³/mol. The summed E-state index contributed by atoms with van der Waals surface area (Å²) in [7, 11) is 0. The number of rotatable bonds is 2. The Hall–Kier alpha value is -0.0600. The van der Waals surface area contributed by atoms with E-state index in [0.29, 0.717) is 25.4 Å². The number of hydrogen-bond acceptors (Lipinski definition) is 4. The monoisotopic (exact) mass is 227 g/mol. The maximum absolute atomic E-state index is 11.7. The number of hydrogen-bond donors (Lipinski definition) is 0. The summed E-state index contributed by atoms with van der Waals surface area (Å²) < 4.78 is 5.39. The quantitative estimate of drug-likeness (QED) is 0.697. The topological polar surface area (TPSA) is 29.5 Å². The summed E-state index contributed by atoms with van der Waals surface area (Å²) in [6.07, 6.45) is 1.97. The van der Waals surface area contributed by atoms with Crippen molar-refractivity contribution in [3.8, 4) is 0 Å². The third-order valence-corrected chi connectivity index (χ3v) is 5.13. The van der Waals surface area contributed by atoms with Crippen LogP contribution in [0.1, 0.15) is 12.8 Å². The molecule has 2 bridgehead atoms. The number of thioether (sulfide) groups is 1. The van der Waals surface area contributed by atoms with Crippen molar-refractivity contribution >= 4 is 17.5 Å². The SMILES string of the molecule is O=C1CCOCC1CN1CC2CC1CS2. The first-order valence-electron chi connectivity index (χ1n) is 5.79. The fourth-order valence-corrected chi connectivity index (χ4v) is 4.33. The molecule has 3 atom stereocenters.